The van der Waals surface area contributed by atoms with Gasteiger partial charge in [0, 0.05) is 13.5 Å². The SMILES string of the molecule is CC(=O)O.CC/C=C/C/C=C/C/C=C/CCCO. The summed E-state index contributed by atoms with van der Waals surface area (Å²) in [4.78, 5) is 9.00. The number of aliphatic hydroxyl groups excluding tert-OH is 1. The van der Waals surface area contributed by atoms with Crippen molar-refractivity contribution in [2.24, 2.45) is 0 Å². The van der Waals surface area contributed by atoms with E-state index >= 15 is 0 Å². The number of carboxylic acid groups (broad SMARTS) is 1. The van der Waals surface area contributed by atoms with Crippen LogP contribution in [0.2, 0.25) is 0 Å². The lowest BCUT2D eigenvalue weighted by molar-refractivity contribution is -0.134. The second-order valence-electron chi connectivity index (χ2n) is 3.68. The monoisotopic (exact) mass is 254 g/mol. The Labute approximate surface area is 111 Å². The molecule has 0 heterocycles. The maximum atomic E-state index is 9.00. The van der Waals surface area contributed by atoms with Crippen LogP contribution < -0.4 is 0 Å². The normalized spacial score (nSPS) is 11.1. The van der Waals surface area contributed by atoms with Crippen molar-refractivity contribution in [1.82, 2.24) is 0 Å². The standard InChI is InChI=1S/C13H22O.C2H4O2/c1-2-3-4-5-6-7-8-9-10-11-12-13-14;1-2(3)4/h3-4,6-7,9-10,14H,2,5,8,11-13H2,1H3;1H3,(H,3,4)/b4-3+,7-6+,10-9+;. The fraction of sp³-hybridized carbons (Fsp3) is 0.533. The highest BCUT2D eigenvalue weighted by molar-refractivity contribution is 5.62. The van der Waals surface area contributed by atoms with Crippen LogP contribution in [0.25, 0.3) is 0 Å². The summed E-state index contributed by atoms with van der Waals surface area (Å²) < 4.78 is 0. The van der Waals surface area contributed by atoms with Crippen molar-refractivity contribution in [1.29, 1.82) is 0 Å². The first-order valence-electron chi connectivity index (χ1n) is 6.40. The van der Waals surface area contributed by atoms with E-state index in [4.69, 9.17) is 15.0 Å². The van der Waals surface area contributed by atoms with Gasteiger partial charge in [0.1, 0.15) is 0 Å². The number of carboxylic acids is 1. The number of hydrogen-bond donors (Lipinski definition) is 2. The van der Waals surface area contributed by atoms with Gasteiger partial charge in [-0.1, -0.05) is 43.4 Å². The van der Waals surface area contributed by atoms with Crippen LogP contribution in [0.1, 0.15) is 46.0 Å². The molecule has 0 rings (SSSR count). The van der Waals surface area contributed by atoms with Gasteiger partial charge >= 0.3 is 0 Å². The van der Waals surface area contributed by atoms with E-state index in [1.165, 1.54) is 0 Å². The fourth-order valence-electron chi connectivity index (χ4n) is 1.04. The first-order valence-corrected chi connectivity index (χ1v) is 6.40. The summed E-state index contributed by atoms with van der Waals surface area (Å²) in [7, 11) is 0. The first kappa shape index (κ1) is 19.0. The van der Waals surface area contributed by atoms with Crippen molar-refractivity contribution in [3.8, 4) is 0 Å². The smallest absolute Gasteiger partial charge is 0.300 e. The highest BCUT2D eigenvalue weighted by Gasteiger charge is 1.77. The molecule has 3 heteroatoms. The van der Waals surface area contributed by atoms with E-state index in [0.29, 0.717) is 6.61 Å². The summed E-state index contributed by atoms with van der Waals surface area (Å²) in [5.41, 5.74) is 0. The van der Waals surface area contributed by atoms with E-state index in [0.717, 1.165) is 39.0 Å². The predicted octanol–water partition coefficient (Wildman–Crippen LogP) is 3.71. The third-order valence-electron chi connectivity index (χ3n) is 1.81. The van der Waals surface area contributed by atoms with Crippen LogP contribution in [-0.4, -0.2) is 22.8 Å². The number of aliphatic carboxylic acids is 1. The molecule has 0 aromatic carbocycles. The maximum absolute atomic E-state index is 9.00. The van der Waals surface area contributed by atoms with Crippen LogP contribution >= 0.6 is 0 Å². The lowest BCUT2D eigenvalue weighted by atomic mass is 10.2. The topological polar surface area (TPSA) is 57.5 Å². The van der Waals surface area contributed by atoms with Gasteiger partial charge in [-0.2, -0.15) is 0 Å². The van der Waals surface area contributed by atoms with E-state index in [1.54, 1.807) is 0 Å². The Bertz CT molecular complexity index is 248. The van der Waals surface area contributed by atoms with E-state index in [2.05, 4.69) is 43.4 Å². The van der Waals surface area contributed by atoms with Crippen LogP contribution in [0, 0.1) is 0 Å². The molecule has 0 aromatic heterocycles. The van der Waals surface area contributed by atoms with Crippen molar-refractivity contribution in [3.63, 3.8) is 0 Å². The molecule has 0 atom stereocenters. The molecule has 0 aliphatic carbocycles. The minimum atomic E-state index is -0.833. The second kappa shape index (κ2) is 18.0. The molecule has 0 aliphatic rings. The summed E-state index contributed by atoms with van der Waals surface area (Å²) >= 11 is 0. The largest absolute Gasteiger partial charge is 0.481 e. The predicted molar refractivity (Wildman–Crippen MR) is 76.6 cm³/mol. The Hall–Kier alpha value is -1.35. The van der Waals surface area contributed by atoms with Crippen LogP contribution in [0.3, 0.4) is 0 Å². The molecule has 18 heavy (non-hydrogen) atoms. The van der Waals surface area contributed by atoms with E-state index in [-0.39, 0.29) is 0 Å². The van der Waals surface area contributed by atoms with Crippen molar-refractivity contribution >= 4 is 5.97 Å². The van der Waals surface area contributed by atoms with Gasteiger partial charge in [-0.15, -0.1) is 0 Å². The van der Waals surface area contributed by atoms with Crippen molar-refractivity contribution in [3.05, 3.63) is 36.5 Å². The molecule has 0 amide bonds. The zero-order valence-electron chi connectivity index (χ0n) is 11.5. The number of rotatable bonds is 8. The summed E-state index contributed by atoms with van der Waals surface area (Å²) in [6.07, 6.45) is 18.0. The Morgan fingerprint density at radius 1 is 1.00 bits per heavy atom. The van der Waals surface area contributed by atoms with Crippen LogP contribution in [-0.2, 0) is 4.79 Å². The zero-order valence-corrected chi connectivity index (χ0v) is 11.5. The Kier molecular flexibility index (Phi) is 19.0. The van der Waals surface area contributed by atoms with Gasteiger partial charge in [-0.25, -0.2) is 0 Å². The molecular formula is C15H26O3. The third-order valence-corrected chi connectivity index (χ3v) is 1.81. The molecule has 0 radical (unpaired) electrons. The summed E-state index contributed by atoms with van der Waals surface area (Å²) in [5, 5.41) is 16.0. The lowest BCUT2D eigenvalue weighted by Gasteiger charge is -1.87. The van der Waals surface area contributed by atoms with Gasteiger partial charge < -0.3 is 10.2 Å². The molecule has 0 spiro atoms. The lowest BCUT2D eigenvalue weighted by Crippen LogP contribution is -1.78. The molecule has 0 bridgehead atoms. The van der Waals surface area contributed by atoms with Crippen molar-refractivity contribution in [2.45, 2.75) is 46.0 Å². The van der Waals surface area contributed by atoms with E-state index in [9.17, 15) is 0 Å². The van der Waals surface area contributed by atoms with Crippen molar-refractivity contribution in [2.75, 3.05) is 6.61 Å². The van der Waals surface area contributed by atoms with Gasteiger partial charge in [0.15, 0.2) is 0 Å². The highest BCUT2D eigenvalue weighted by Crippen LogP contribution is 1.94. The molecule has 104 valence electrons. The van der Waals surface area contributed by atoms with Gasteiger partial charge in [0.25, 0.3) is 5.97 Å². The van der Waals surface area contributed by atoms with Gasteiger partial charge in [0.2, 0.25) is 0 Å². The van der Waals surface area contributed by atoms with Gasteiger partial charge in [0.05, 0.1) is 0 Å². The second-order valence-corrected chi connectivity index (χ2v) is 3.68. The summed E-state index contributed by atoms with van der Waals surface area (Å²) in [6, 6.07) is 0. The van der Waals surface area contributed by atoms with Crippen LogP contribution in [0.15, 0.2) is 36.5 Å². The minimum absolute atomic E-state index is 0.294. The molecule has 0 aromatic rings. The molecule has 2 N–H and O–H groups in total. The number of aliphatic hydroxyl groups is 1. The summed E-state index contributed by atoms with van der Waals surface area (Å²) in [6.45, 7) is 3.52. The van der Waals surface area contributed by atoms with Gasteiger partial charge in [-0.3, -0.25) is 4.79 Å². The van der Waals surface area contributed by atoms with Gasteiger partial charge in [-0.05, 0) is 32.1 Å². The molecule has 0 unspecified atom stereocenters. The Balaban J connectivity index is 0. The van der Waals surface area contributed by atoms with Crippen molar-refractivity contribution < 1.29 is 15.0 Å². The molecule has 0 saturated heterocycles. The van der Waals surface area contributed by atoms with Crippen LogP contribution in [0.4, 0.5) is 0 Å². The fourth-order valence-corrected chi connectivity index (χ4v) is 1.04. The molecule has 0 fully saturated rings. The minimum Gasteiger partial charge on any atom is -0.481 e. The maximum Gasteiger partial charge on any atom is 0.300 e. The molecular weight excluding hydrogens is 228 g/mol. The molecule has 0 aliphatic heterocycles. The number of unbranched alkanes of at least 4 members (excludes halogenated alkanes) is 1. The number of hydrogen-bond acceptors (Lipinski definition) is 2. The first-order chi connectivity index (χ1) is 8.65. The average Bonchev–Trinajstić information content (AvgIpc) is 2.31. The van der Waals surface area contributed by atoms with E-state index in [1.807, 2.05) is 0 Å². The Morgan fingerprint density at radius 3 is 1.89 bits per heavy atom. The third kappa shape index (κ3) is 29.3. The number of carbonyl (C=O) groups is 1. The molecule has 3 nitrogen and oxygen atoms in total. The number of allylic oxidation sites excluding steroid dienone is 6. The zero-order chi connectivity index (χ0) is 14.1. The Morgan fingerprint density at radius 2 is 1.44 bits per heavy atom. The molecule has 0 saturated carbocycles. The van der Waals surface area contributed by atoms with E-state index < -0.39 is 5.97 Å². The highest BCUT2D eigenvalue weighted by atomic mass is 16.4. The quantitative estimate of drug-likeness (QED) is 0.513. The average molecular weight is 254 g/mol. The summed E-state index contributed by atoms with van der Waals surface area (Å²) in [5.74, 6) is -0.833. The van der Waals surface area contributed by atoms with Crippen LogP contribution in [0.5, 0.6) is 0 Å².